The second-order valence-electron chi connectivity index (χ2n) is 3.00. The van der Waals surface area contributed by atoms with Crippen LogP contribution in [-0.2, 0) is 14.8 Å². The molecule has 5 nitrogen and oxygen atoms in total. The number of carbonyl (C=O) groups is 1. The van der Waals surface area contributed by atoms with Crippen molar-refractivity contribution in [2.75, 3.05) is 0 Å². The molecule has 0 aliphatic carbocycles. The van der Waals surface area contributed by atoms with Crippen molar-refractivity contribution in [1.29, 1.82) is 0 Å². The fourth-order valence-corrected chi connectivity index (χ4v) is 2.70. The van der Waals surface area contributed by atoms with Crippen LogP contribution >= 0.6 is 0 Å². The van der Waals surface area contributed by atoms with E-state index in [0.29, 0.717) is 5.56 Å². The van der Waals surface area contributed by atoms with E-state index in [2.05, 4.69) is 4.72 Å². The first-order chi connectivity index (χ1) is 7.00. The lowest BCUT2D eigenvalue weighted by atomic mass is 10.1. The molecule has 1 heterocycles. The van der Waals surface area contributed by atoms with Gasteiger partial charge >= 0.3 is 5.97 Å². The van der Waals surface area contributed by atoms with Crippen LogP contribution in [0.15, 0.2) is 35.2 Å². The van der Waals surface area contributed by atoms with Gasteiger partial charge < -0.3 is 5.11 Å². The Hall–Kier alpha value is -1.82. The molecule has 1 aromatic rings. The molecule has 0 saturated carbocycles. The lowest BCUT2D eigenvalue weighted by Gasteiger charge is -1.95. The second-order valence-corrected chi connectivity index (χ2v) is 4.65. The van der Waals surface area contributed by atoms with Crippen molar-refractivity contribution in [2.45, 2.75) is 4.90 Å². The SMILES string of the molecule is O=C(O)/C=C1\NS(=O)(=O)c2ccccc21. The Morgan fingerprint density at radius 2 is 2.00 bits per heavy atom. The fourth-order valence-electron chi connectivity index (χ4n) is 1.41. The molecule has 0 saturated heterocycles. The summed E-state index contributed by atoms with van der Waals surface area (Å²) >= 11 is 0. The van der Waals surface area contributed by atoms with Crippen LogP contribution in [0.3, 0.4) is 0 Å². The molecule has 0 atom stereocenters. The van der Waals surface area contributed by atoms with E-state index in [4.69, 9.17) is 5.11 Å². The van der Waals surface area contributed by atoms with Crippen molar-refractivity contribution in [3.63, 3.8) is 0 Å². The number of fused-ring (bicyclic) bond motifs is 1. The molecule has 0 aromatic heterocycles. The van der Waals surface area contributed by atoms with Gasteiger partial charge in [-0.1, -0.05) is 18.2 Å². The molecule has 0 unspecified atom stereocenters. The second kappa shape index (κ2) is 3.09. The minimum atomic E-state index is -3.58. The summed E-state index contributed by atoms with van der Waals surface area (Å²) in [7, 11) is -3.58. The van der Waals surface area contributed by atoms with E-state index in [1.165, 1.54) is 6.07 Å². The summed E-state index contributed by atoms with van der Waals surface area (Å²) in [6, 6.07) is 6.22. The zero-order chi connectivity index (χ0) is 11.1. The fraction of sp³-hybridized carbons (Fsp3) is 0. The summed E-state index contributed by atoms with van der Waals surface area (Å²) in [5.74, 6) is -1.19. The van der Waals surface area contributed by atoms with Gasteiger partial charge in [-0.05, 0) is 6.07 Å². The van der Waals surface area contributed by atoms with E-state index in [1.807, 2.05) is 0 Å². The summed E-state index contributed by atoms with van der Waals surface area (Å²) in [5.41, 5.74) is 0.484. The van der Waals surface area contributed by atoms with E-state index in [9.17, 15) is 13.2 Å². The summed E-state index contributed by atoms with van der Waals surface area (Å²) < 4.78 is 25.2. The largest absolute Gasteiger partial charge is 0.478 e. The van der Waals surface area contributed by atoms with Crippen LogP contribution in [0.2, 0.25) is 0 Å². The van der Waals surface area contributed by atoms with Gasteiger partial charge in [-0.25, -0.2) is 13.2 Å². The predicted octanol–water partition coefficient (Wildman–Crippen LogP) is 0.404. The Bertz CT molecular complexity index is 559. The summed E-state index contributed by atoms with van der Waals surface area (Å²) in [6.45, 7) is 0. The Labute approximate surface area is 86.1 Å². The monoisotopic (exact) mass is 225 g/mol. The van der Waals surface area contributed by atoms with E-state index in [1.54, 1.807) is 18.2 Å². The molecule has 0 spiro atoms. The molecule has 1 aromatic carbocycles. The number of aliphatic carboxylic acids is 1. The van der Waals surface area contributed by atoms with Gasteiger partial charge in [-0.15, -0.1) is 0 Å². The van der Waals surface area contributed by atoms with Crippen molar-refractivity contribution >= 4 is 21.7 Å². The zero-order valence-corrected chi connectivity index (χ0v) is 8.28. The van der Waals surface area contributed by atoms with Crippen LogP contribution in [0, 0.1) is 0 Å². The number of hydrogen-bond donors (Lipinski definition) is 2. The normalized spacial score (nSPS) is 19.6. The van der Waals surface area contributed by atoms with Crippen molar-refractivity contribution < 1.29 is 18.3 Å². The molecule has 2 N–H and O–H groups in total. The molecule has 78 valence electrons. The summed E-state index contributed by atoms with van der Waals surface area (Å²) in [4.78, 5) is 10.6. The summed E-state index contributed by atoms with van der Waals surface area (Å²) in [5, 5.41) is 8.56. The molecule has 0 radical (unpaired) electrons. The van der Waals surface area contributed by atoms with Crippen molar-refractivity contribution in [1.82, 2.24) is 4.72 Å². The Morgan fingerprint density at radius 1 is 1.33 bits per heavy atom. The van der Waals surface area contributed by atoms with E-state index in [-0.39, 0.29) is 10.6 Å². The van der Waals surface area contributed by atoms with Crippen molar-refractivity contribution in [2.24, 2.45) is 0 Å². The number of sulfonamides is 1. The molecule has 1 aliphatic rings. The van der Waals surface area contributed by atoms with E-state index in [0.717, 1.165) is 6.08 Å². The number of carboxylic acids is 1. The number of hydrogen-bond acceptors (Lipinski definition) is 3. The molecule has 1 aliphatic heterocycles. The highest BCUT2D eigenvalue weighted by Crippen LogP contribution is 2.29. The average Bonchev–Trinajstić information content (AvgIpc) is 2.39. The molecule has 2 rings (SSSR count). The standard InChI is InChI=1S/C9H7NO4S/c11-9(12)5-7-6-3-1-2-4-8(6)15(13,14)10-7/h1-5,10H,(H,11,12)/b7-5-. The number of benzene rings is 1. The maximum atomic E-state index is 11.5. The maximum Gasteiger partial charge on any atom is 0.330 e. The number of rotatable bonds is 1. The van der Waals surface area contributed by atoms with Gasteiger partial charge in [-0.3, -0.25) is 4.72 Å². The maximum absolute atomic E-state index is 11.5. The first-order valence-electron chi connectivity index (χ1n) is 4.07. The molecular weight excluding hydrogens is 218 g/mol. The Balaban J connectivity index is 2.67. The first kappa shape index (κ1) is 9.72. The van der Waals surface area contributed by atoms with Crippen LogP contribution in [0.5, 0.6) is 0 Å². The predicted molar refractivity (Wildman–Crippen MR) is 52.4 cm³/mol. The smallest absolute Gasteiger partial charge is 0.330 e. The van der Waals surface area contributed by atoms with Gasteiger partial charge in [0.25, 0.3) is 10.0 Å². The zero-order valence-electron chi connectivity index (χ0n) is 7.47. The van der Waals surface area contributed by atoms with Crippen LogP contribution in [0.1, 0.15) is 5.56 Å². The van der Waals surface area contributed by atoms with Gasteiger partial charge in [0.15, 0.2) is 0 Å². The van der Waals surface area contributed by atoms with Gasteiger partial charge in [0, 0.05) is 11.6 Å². The third-order valence-corrected chi connectivity index (χ3v) is 3.40. The van der Waals surface area contributed by atoms with Crippen LogP contribution in [-0.4, -0.2) is 19.5 Å². The van der Waals surface area contributed by atoms with Gasteiger partial charge in [-0.2, -0.15) is 0 Å². The number of nitrogens with one attached hydrogen (secondary N) is 1. The number of carboxylic acid groups (broad SMARTS) is 1. The van der Waals surface area contributed by atoms with Gasteiger partial charge in [0.05, 0.1) is 10.6 Å². The van der Waals surface area contributed by atoms with Crippen molar-refractivity contribution in [3.8, 4) is 0 Å². The van der Waals surface area contributed by atoms with E-state index >= 15 is 0 Å². The lowest BCUT2D eigenvalue weighted by Crippen LogP contribution is -2.14. The lowest BCUT2D eigenvalue weighted by molar-refractivity contribution is -0.131. The van der Waals surface area contributed by atoms with Crippen LogP contribution in [0.25, 0.3) is 5.70 Å². The van der Waals surface area contributed by atoms with Crippen molar-refractivity contribution in [3.05, 3.63) is 35.9 Å². The quantitative estimate of drug-likeness (QED) is 0.678. The topological polar surface area (TPSA) is 83.5 Å². The molecular formula is C9H7NO4S. The van der Waals surface area contributed by atoms with Gasteiger partial charge in [0.1, 0.15) is 0 Å². The molecule has 15 heavy (non-hydrogen) atoms. The molecule has 0 amide bonds. The highest BCUT2D eigenvalue weighted by atomic mass is 32.2. The van der Waals surface area contributed by atoms with E-state index < -0.39 is 16.0 Å². The third-order valence-electron chi connectivity index (χ3n) is 1.98. The highest BCUT2D eigenvalue weighted by molar-refractivity contribution is 7.90. The van der Waals surface area contributed by atoms with Crippen LogP contribution < -0.4 is 4.72 Å². The molecule has 6 heteroatoms. The highest BCUT2D eigenvalue weighted by Gasteiger charge is 2.29. The first-order valence-corrected chi connectivity index (χ1v) is 5.56. The molecule has 0 bridgehead atoms. The summed E-state index contributed by atoms with van der Waals surface area (Å²) in [6.07, 6.45) is 0.837. The Kier molecular flexibility index (Phi) is 2.01. The molecule has 0 fully saturated rings. The van der Waals surface area contributed by atoms with Crippen LogP contribution in [0.4, 0.5) is 0 Å². The average molecular weight is 225 g/mol. The van der Waals surface area contributed by atoms with Gasteiger partial charge in [0.2, 0.25) is 0 Å². The third kappa shape index (κ3) is 1.59. The minimum Gasteiger partial charge on any atom is -0.478 e. The minimum absolute atomic E-state index is 0.0955. The Morgan fingerprint density at radius 3 is 2.67 bits per heavy atom.